The predicted octanol–water partition coefficient (Wildman–Crippen LogP) is 2.95. The number of benzene rings is 1. The Morgan fingerprint density at radius 1 is 1.47 bits per heavy atom. The van der Waals surface area contributed by atoms with Gasteiger partial charge in [0.25, 0.3) is 5.89 Å². The molecule has 102 valence electrons. The Morgan fingerprint density at radius 3 is 2.89 bits per heavy atom. The number of nitrogens with two attached hydrogens (primary N) is 1. The standard InChI is InChI=1S/C13H16FN3O2/c1-3-4-11(18-2)12-16-13(19-17-12)9-6-5-8(15)7-10(9)14/h5-7,11H,3-4,15H2,1-2H3. The molecule has 1 unspecified atom stereocenters. The molecule has 1 heterocycles. The van der Waals surface area contributed by atoms with Crippen molar-refractivity contribution in [2.24, 2.45) is 0 Å². The lowest BCUT2D eigenvalue weighted by Crippen LogP contribution is -2.03. The number of nitrogen functional groups attached to an aromatic ring is 1. The SMILES string of the molecule is CCCC(OC)c1noc(-c2ccc(N)cc2F)n1. The second-order valence-electron chi connectivity index (χ2n) is 4.21. The normalized spacial score (nSPS) is 12.6. The number of methoxy groups -OCH3 is 1. The van der Waals surface area contributed by atoms with Gasteiger partial charge in [-0.15, -0.1) is 0 Å². The number of nitrogens with zero attached hydrogens (tertiary/aromatic N) is 2. The van der Waals surface area contributed by atoms with Gasteiger partial charge in [0.15, 0.2) is 0 Å². The van der Waals surface area contributed by atoms with Crippen molar-refractivity contribution in [3.05, 3.63) is 29.8 Å². The molecule has 2 aromatic rings. The third-order valence-electron chi connectivity index (χ3n) is 2.79. The third-order valence-corrected chi connectivity index (χ3v) is 2.79. The Bertz CT molecular complexity index is 557. The number of anilines is 1. The Kier molecular flexibility index (Phi) is 4.11. The summed E-state index contributed by atoms with van der Waals surface area (Å²) in [6.45, 7) is 2.03. The fourth-order valence-corrected chi connectivity index (χ4v) is 1.79. The van der Waals surface area contributed by atoms with Crippen molar-refractivity contribution >= 4 is 5.69 Å². The van der Waals surface area contributed by atoms with Crippen molar-refractivity contribution in [1.82, 2.24) is 10.1 Å². The quantitative estimate of drug-likeness (QED) is 0.841. The Balaban J connectivity index is 2.29. The van der Waals surface area contributed by atoms with Crippen molar-refractivity contribution < 1.29 is 13.7 Å². The van der Waals surface area contributed by atoms with Crippen LogP contribution in [0.3, 0.4) is 0 Å². The van der Waals surface area contributed by atoms with E-state index in [-0.39, 0.29) is 17.6 Å². The highest BCUT2D eigenvalue weighted by Gasteiger charge is 2.19. The number of hydrogen-bond acceptors (Lipinski definition) is 5. The van der Waals surface area contributed by atoms with Crippen molar-refractivity contribution in [1.29, 1.82) is 0 Å². The summed E-state index contributed by atoms with van der Waals surface area (Å²) < 4.78 is 24.1. The highest BCUT2D eigenvalue weighted by atomic mass is 19.1. The zero-order chi connectivity index (χ0) is 13.8. The second kappa shape index (κ2) is 5.79. The molecule has 0 bridgehead atoms. The number of halogens is 1. The third kappa shape index (κ3) is 2.90. The minimum atomic E-state index is -0.486. The van der Waals surface area contributed by atoms with Gasteiger partial charge in [0, 0.05) is 12.8 Å². The van der Waals surface area contributed by atoms with E-state index in [0.717, 1.165) is 12.8 Å². The first-order valence-electron chi connectivity index (χ1n) is 6.07. The van der Waals surface area contributed by atoms with Crippen molar-refractivity contribution in [3.63, 3.8) is 0 Å². The molecule has 1 atom stereocenters. The molecule has 0 saturated heterocycles. The van der Waals surface area contributed by atoms with Crippen LogP contribution in [0.1, 0.15) is 31.7 Å². The van der Waals surface area contributed by atoms with E-state index >= 15 is 0 Å². The molecule has 0 fully saturated rings. The van der Waals surface area contributed by atoms with E-state index in [2.05, 4.69) is 10.1 Å². The average molecular weight is 265 g/mol. The molecule has 6 heteroatoms. The molecule has 0 spiro atoms. The van der Waals surface area contributed by atoms with Crippen molar-refractivity contribution in [2.45, 2.75) is 25.9 Å². The summed E-state index contributed by atoms with van der Waals surface area (Å²) in [5.41, 5.74) is 6.08. The van der Waals surface area contributed by atoms with Gasteiger partial charge in [0.2, 0.25) is 5.82 Å². The summed E-state index contributed by atoms with van der Waals surface area (Å²) in [4.78, 5) is 4.18. The zero-order valence-electron chi connectivity index (χ0n) is 10.9. The summed E-state index contributed by atoms with van der Waals surface area (Å²) in [6.07, 6.45) is 1.47. The minimum absolute atomic E-state index is 0.130. The van der Waals surface area contributed by atoms with Crippen LogP contribution in [0.4, 0.5) is 10.1 Å². The fraction of sp³-hybridized carbons (Fsp3) is 0.385. The largest absolute Gasteiger partial charge is 0.399 e. The summed E-state index contributed by atoms with van der Waals surface area (Å²) >= 11 is 0. The average Bonchev–Trinajstić information content (AvgIpc) is 2.85. The van der Waals surface area contributed by atoms with Crippen LogP contribution < -0.4 is 5.73 Å². The molecule has 0 aliphatic carbocycles. The van der Waals surface area contributed by atoms with E-state index in [1.165, 1.54) is 12.1 Å². The first kappa shape index (κ1) is 13.5. The molecule has 19 heavy (non-hydrogen) atoms. The summed E-state index contributed by atoms with van der Waals surface area (Å²) in [5.74, 6) is 0.0703. The molecule has 0 amide bonds. The van der Waals surface area contributed by atoms with Gasteiger partial charge in [0.05, 0.1) is 5.56 Å². The first-order chi connectivity index (χ1) is 9.15. The van der Waals surface area contributed by atoms with Crippen LogP contribution in [0.15, 0.2) is 22.7 Å². The highest BCUT2D eigenvalue weighted by Crippen LogP contribution is 2.26. The monoisotopic (exact) mass is 265 g/mol. The van der Waals surface area contributed by atoms with Crippen LogP contribution in [0.5, 0.6) is 0 Å². The van der Waals surface area contributed by atoms with Gasteiger partial charge < -0.3 is 15.0 Å². The molecule has 2 N–H and O–H groups in total. The smallest absolute Gasteiger partial charge is 0.260 e. The Hall–Kier alpha value is -1.95. The van der Waals surface area contributed by atoms with Gasteiger partial charge in [0.1, 0.15) is 11.9 Å². The molecule has 5 nitrogen and oxygen atoms in total. The zero-order valence-corrected chi connectivity index (χ0v) is 10.9. The second-order valence-corrected chi connectivity index (χ2v) is 4.21. The van der Waals surface area contributed by atoms with Gasteiger partial charge in [-0.2, -0.15) is 4.98 Å². The predicted molar refractivity (Wildman–Crippen MR) is 68.8 cm³/mol. The van der Waals surface area contributed by atoms with Gasteiger partial charge in [-0.1, -0.05) is 18.5 Å². The Morgan fingerprint density at radius 2 is 2.26 bits per heavy atom. The van der Waals surface area contributed by atoms with Gasteiger partial charge >= 0.3 is 0 Å². The molecule has 0 saturated carbocycles. The van der Waals surface area contributed by atoms with Crippen LogP contribution in [0, 0.1) is 5.82 Å². The van der Waals surface area contributed by atoms with Crippen LogP contribution in [0.25, 0.3) is 11.5 Å². The fourth-order valence-electron chi connectivity index (χ4n) is 1.79. The van der Waals surface area contributed by atoms with Crippen LogP contribution in [-0.4, -0.2) is 17.3 Å². The molecule has 0 radical (unpaired) electrons. The maximum absolute atomic E-state index is 13.7. The molecule has 0 aliphatic heterocycles. The van der Waals surface area contributed by atoms with Crippen LogP contribution in [-0.2, 0) is 4.74 Å². The summed E-state index contributed by atoms with van der Waals surface area (Å²) in [6, 6.07) is 4.32. The van der Waals surface area contributed by atoms with E-state index in [9.17, 15) is 4.39 Å². The van der Waals surface area contributed by atoms with Crippen LogP contribution >= 0.6 is 0 Å². The van der Waals surface area contributed by atoms with Gasteiger partial charge in [-0.25, -0.2) is 4.39 Å². The number of hydrogen-bond donors (Lipinski definition) is 1. The Labute approximate surface area is 110 Å². The summed E-state index contributed by atoms with van der Waals surface area (Å²) in [5, 5.41) is 3.84. The lowest BCUT2D eigenvalue weighted by atomic mass is 10.2. The molecule has 1 aromatic heterocycles. The number of ether oxygens (including phenoxy) is 1. The van der Waals surface area contributed by atoms with Crippen molar-refractivity contribution in [3.8, 4) is 11.5 Å². The van der Waals surface area contributed by atoms with Crippen molar-refractivity contribution in [2.75, 3.05) is 12.8 Å². The summed E-state index contributed by atoms with van der Waals surface area (Å²) in [7, 11) is 1.58. The lowest BCUT2D eigenvalue weighted by Gasteiger charge is -2.08. The maximum atomic E-state index is 13.7. The van der Waals surface area contributed by atoms with E-state index in [4.69, 9.17) is 15.0 Å². The first-order valence-corrected chi connectivity index (χ1v) is 6.07. The number of rotatable bonds is 5. The maximum Gasteiger partial charge on any atom is 0.260 e. The van der Waals surface area contributed by atoms with Crippen LogP contribution in [0.2, 0.25) is 0 Å². The van der Waals surface area contributed by atoms with E-state index < -0.39 is 5.82 Å². The highest BCUT2D eigenvalue weighted by molar-refractivity contribution is 5.58. The minimum Gasteiger partial charge on any atom is -0.399 e. The molecular weight excluding hydrogens is 249 g/mol. The van der Waals surface area contributed by atoms with E-state index in [1.54, 1.807) is 13.2 Å². The van der Waals surface area contributed by atoms with Gasteiger partial charge in [-0.05, 0) is 24.6 Å². The lowest BCUT2D eigenvalue weighted by molar-refractivity contribution is 0.0854. The topological polar surface area (TPSA) is 74.2 Å². The molecule has 0 aliphatic rings. The van der Waals surface area contributed by atoms with E-state index in [0.29, 0.717) is 11.5 Å². The molecule has 1 aromatic carbocycles. The van der Waals surface area contributed by atoms with E-state index in [1.807, 2.05) is 6.92 Å². The van der Waals surface area contributed by atoms with Gasteiger partial charge in [-0.3, -0.25) is 0 Å². The molecule has 2 rings (SSSR count). The number of aromatic nitrogens is 2. The molecular formula is C13H16FN3O2.